The molecule has 2 rings (SSSR count). The number of hydrogen-bond acceptors (Lipinski definition) is 3. The van der Waals surface area contributed by atoms with Crippen LogP contribution in [0.2, 0.25) is 0 Å². The van der Waals surface area contributed by atoms with Crippen molar-refractivity contribution >= 4 is 0 Å². The molecule has 4 heteroatoms. The number of imidazole rings is 1. The quantitative estimate of drug-likeness (QED) is 0.904. The average Bonchev–Trinajstić information content (AvgIpc) is 2.81. The summed E-state index contributed by atoms with van der Waals surface area (Å²) in [7, 11) is 2.07. The van der Waals surface area contributed by atoms with Crippen molar-refractivity contribution in [2.24, 2.45) is 5.92 Å². The van der Waals surface area contributed by atoms with Crippen molar-refractivity contribution in [3.8, 4) is 0 Å². The molecule has 0 amide bonds. The van der Waals surface area contributed by atoms with Gasteiger partial charge in [0.25, 0.3) is 0 Å². The summed E-state index contributed by atoms with van der Waals surface area (Å²) >= 11 is 0. The van der Waals surface area contributed by atoms with Crippen molar-refractivity contribution in [1.82, 2.24) is 19.8 Å². The van der Waals surface area contributed by atoms with Crippen molar-refractivity contribution < 1.29 is 0 Å². The smallest absolute Gasteiger partial charge is 0.0951 e. The molecular weight excluding hydrogens is 260 g/mol. The molecule has 2 heterocycles. The van der Waals surface area contributed by atoms with Gasteiger partial charge in [0, 0.05) is 18.3 Å². The maximum absolute atomic E-state index is 4.45. The molecule has 2 unspecified atom stereocenters. The molecule has 1 N–H and O–H groups in total. The van der Waals surface area contributed by atoms with Crippen LogP contribution in [-0.4, -0.2) is 40.6 Å². The van der Waals surface area contributed by atoms with Crippen LogP contribution in [0, 0.1) is 5.92 Å². The van der Waals surface area contributed by atoms with Gasteiger partial charge in [0.05, 0.1) is 18.1 Å². The first-order valence-electron chi connectivity index (χ1n) is 8.48. The van der Waals surface area contributed by atoms with Gasteiger partial charge in [-0.15, -0.1) is 0 Å². The highest BCUT2D eigenvalue weighted by molar-refractivity contribution is 5.10. The summed E-state index contributed by atoms with van der Waals surface area (Å²) < 4.78 is 2.36. The number of nitrogens with zero attached hydrogens (tertiary/aromatic N) is 3. The number of aromatic nitrogens is 2. The SMILES string of the molecule is CNCC1CCCCN(C(C)C)C1c1cncn1C(C)C. The zero-order chi connectivity index (χ0) is 15.4. The van der Waals surface area contributed by atoms with E-state index in [0.29, 0.717) is 24.0 Å². The van der Waals surface area contributed by atoms with E-state index in [4.69, 9.17) is 0 Å². The van der Waals surface area contributed by atoms with E-state index in [2.05, 4.69) is 60.7 Å². The van der Waals surface area contributed by atoms with Crippen LogP contribution in [0.5, 0.6) is 0 Å². The molecule has 21 heavy (non-hydrogen) atoms. The molecule has 1 saturated heterocycles. The minimum Gasteiger partial charge on any atom is -0.331 e. The molecule has 0 spiro atoms. The topological polar surface area (TPSA) is 33.1 Å². The lowest BCUT2D eigenvalue weighted by Gasteiger charge is -2.38. The van der Waals surface area contributed by atoms with Crippen molar-refractivity contribution in [2.45, 2.75) is 65.1 Å². The lowest BCUT2D eigenvalue weighted by Crippen LogP contribution is -2.41. The normalized spacial score (nSPS) is 24.7. The molecule has 1 aromatic heterocycles. The predicted molar refractivity (Wildman–Crippen MR) is 88.5 cm³/mol. The largest absolute Gasteiger partial charge is 0.331 e. The van der Waals surface area contributed by atoms with Gasteiger partial charge in [-0.05, 0) is 66.6 Å². The Bertz CT molecular complexity index is 424. The van der Waals surface area contributed by atoms with Gasteiger partial charge in [-0.25, -0.2) is 4.98 Å². The lowest BCUT2D eigenvalue weighted by atomic mass is 9.91. The summed E-state index contributed by atoms with van der Waals surface area (Å²) in [5.41, 5.74) is 1.39. The van der Waals surface area contributed by atoms with Crippen LogP contribution in [0.1, 0.15) is 64.7 Å². The Morgan fingerprint density at radius 2 is 2.00 bits per heavy atom. The Morgan fingerprint density at radius 1 is 1.24 bits per heavy atom. The molecule has 0 saturated carbocycles. The van der Waals surface area contributed by atoms with Gasteiger partial charge < -0.3 is 9.88 Å². The van der Waals surface area contributed by atoms with Gasteiger partial charge in [0.1, 0.15) is 0 Å². The first-order chi connectivity index (χ1) is 10.1. The third kappa shape index (κ3) is 3.67. The Hall–Kier alpha value is -0.870. The van der Waals surface area contributed by atoms with E-state index in [1.54, 1.807) is 0 Å². The van der Waals surface area contributed by atoms with Crippen molar-refractivity contribution in [2.75, 3.05) is 20.1 Å². The average molecular weight is 292 g/mol. The van der Waals surface area contributed by atoms with E-state index in [9.17, 15) is 0 Å². The van der Waals surface area contributed by atoms with Crippen molar-refractivity contribution in [3.63, 3.8) is 0 Å². The van der Waals surface area contributed by atoms with Gasteiger partial charge in [-0.1, -0.05) is 6.42 Å². The molecule has 2 atom stereocenters. The van der Waals surface area contributed by atoms with Gasteiger partial charge in [-0.3, -0.25) is 4.90 Å². The summed E-state index contributed by atoms with van der Waals surface area (Å²) in [5, 5.41) is 3.41. The molecule has 0 bridgehead atoms. The zero-order valence-corrected chi connectivity index (χ0v) is 14.3. The molecule has 0 radical (unpaired) electrons. The van der Waals surface area contributed by atoms with Crippen molar-refractivity contribution in [3.05, 3.63) is 18.2 Å². The third-order valence-electron chi connectivity index (χ3n) is 4.73. The van der Waals surface area contributed by atoms with Gasteiger partial charge in [-0.2, -0.15) is 0 Å². The van der Waals surface area contributed by atoms with Crippen LogP contribution in [0.15, 0.2) is 12.5 Å². The van der Waals surface area contributed by atoms with Crippen LogP contribution in [0.25, 0.3) is 0 Å². The van der Waals surface area contributed by atoms with E-state index in [0.717, 1.165) is 6.54 Å². The summed E-state index contributed by atoms with van der Waals surface area (Å²) in [6, 6.07) is 1.52. The van der Waals surface area contributed by atoms with Crippen molar-refractivity contribution in [1.29, 1.82) is 0 Å². The van der Waals surface area contributed by atoms with Gasteiger partial charge >= 0.3 is 0 Å². The predicted octanol–water partition coefficient (Wildman–Crippen LogP) is 3.24. The molecule has 1 aromatic rings. The fourth-order valence-corrected chi connectivity index (χ4v) is 3.71. The fourth-order valence-electron chi connectivity index (χ4n) is 3.71. The summed E-state index contributed by atoms with van der Waals surface area (Å²) in [5.74, 6) is 0.661. The first-order valence-corrected chi connectivity index (χ1v) is 8.48. The second kappa shape index (κ2) is 7.41. The number of rotatable bonds is 5. The van der Waals surface area contributed by atoms with Crippen LogP contribution in [0.4, 0.5) is 0 Å². The highest BCUT2D eigenvalue weighted by Gasteiger charge is 2.34. The molecule has 0 aromatic carbocycles. The van der Waals surface area contributed by atoms with Crippen LogP contribution in [-0.2, 0) is 0 Å². The monoisotopic (exact) mass is 292 g/mol. The Kier molecular flexibility index (Phi) is 5.82. The number of likely N-dealkylation sites (tertiary alicyclic amines) is 1. The molecule has 120 valence electrons. The van der Waals surface area contributed by atoms with E-state index < -0.39 is 0 Å². The molecule has 1 aliphatic rings. The lowest BCUT2D eigenvalue weighted by molar-refractivity contribution is 0.111. The van der Waals surface area contributed by atoms with Crippen LogP contribution < -0.4 is 5.32 Å². The maximum Gasteiger partial charge on any atom is 0.0951 e. The fraction of sp³-hybridized carbons (Fsp3) is 0.824. The Balaban J connectivity index is 2.40. The Labute approximate surface area is 129 Å². The minimum atomic E-state index is 0.468. The Morgan fingerprint density at radius 3 is 2.62 bits per heavy atom. The highest BCUT2D eigenvalue weighted by atomic mass is 15.2. The van der Waals surface area contributed by atoms with Gasteiger partial charge in [0.15, 0.2) is 0 Å². The number of nitrogens with one attached hydrogen (secondary N) is 1. The van der Waals surface area contributed by atoms with E-state index in [-0.39, 0.29) is 0 Å². The molecular formula is C17H32N4. The van der Waals surface area contributed by atoms with E-state index in [1.807, 2.05) is 6.33 Å². The summed E-state index contributed by atoms with van der Waals surface area (Å²) in [6.07, 6.45) is 8.04. The van der Waals surface area contributed by atoms with E-state index in [1.165, 1.54) is 31.5 Å². The molecule has 1 aliphatic heterocycles. The number of hydrogen-bond donors (Lipinski definition) is 1. The third-order valence-corrected chi connectivity index (χ3v) is 4.73. The first kappa shape index (κ1) is 16.5. The summed E-state index contributed by atoms with van der Waals surface area (Å²) in [4.78, 5) is 7.14. The van der Waals surface area contributed by atoms with Crippen LogP contribution in [0.3, 0.4) is 0 Å². The highest BCUT2D eigenvalue weighted by Crippen LogP contribution is 2.36. The molecule has 1 fully saturated rings. The maximum atomic E-state index is 4.45. The zero-order valence-electron chi connectivity index (χ0n) is 14.3. The van der Waals surface area contributed by atoms with E-state index >= 15 is 0 Å². The second-order valence-corrected chi connectivity index (χ2v) is 6.91. The van der Waals surface area contributed by atoms with Gasteiger partial charge in [0.2, 0.25) is 0 Å². The minimum absolute atomic E-state index is 0.468. The standard InChI is InChI=1S/C17H32N4/c1-13(2)20-9-7-6-8-15(10-18-5)17(20)16-11-19-12-21(16)14(3)4/h11-15,17-18H,6-10H2,1-5H3. The molecule has 4 nitrogen and oxygen atoms in total. The second-order valence-electron chi connectivity index (χ2n) is 6.91. The van der Waals surface area contributed by atoms with Crippen LogP contribution >= 0.6 is 0 Å². The summed E-state index contributed by atoms with van der Waals surface area (Å²) in [6.45, 7) is 11.4. The molecule has 0 aliphatic carbocycles.